The van der Waals surface area contributed by atoms with Gasteiger partial charge < -0.3 is 20.5 Å². The Morgan fingerprint density at radius 1 is 1.43 bits per heavy atom. The lowest BCUT2D eigenvalue weighted by molar-refractivity contribution is -0.389. The van der Waals surface area contributed by atoms with Crippen LogP contribution in [-0.2, 0) is 16.1 Å². The Labute approximate surface area is 132 Å². The van der Waals surface area contributed by atoms with Gasteiger partial charge in [-0.25, -0.2) is 0 Å². The summed E-state index contributed by atoms with van der Waals surface area (Å²) in [6.07, 6.45) is 5.07. The minimum absolute atomic E-state index is 0.116. The molecule has 0 bridgehead atoms. The van der Waals surface area contributed by atoms with Crippen LogP contribution >= 0.6 is 0 Å². The molecule has 0 aliphatic heterocycles. The van der Waals surface area contributed by atoms with Crippen molar-refractivity contribution in [3.8, 4) is 0 Å². The number of nitrogens with zero attached hydrogens (tertiary/aromatic N) is 3. The van der Waals surface area contributed by atoms with Crippen molar-refractivity contribution < 1.29 is 19.6 Å². The summed E-state index contributed by atoms with van der Waals surface area (Å²) in [5.41, 5.74) is 0. The zero-order chi connectivity index (χ0) is 17.0. The summed E-state index contributed by atoms with van der Waals surface area (Å²) in [5.74, 6) is -1.79. The van der Waals surface area contributed by atoms with E-state index in [-0.39, 0.29) is 18.3 Å². The first kappa shape index (κ1) is 16.9. The fourth-order valence-electron chi connectivity index (χ4n) is 2.92. The van der Waals surface area contributed by atoms with Crippen LogP contribution in [0.2, 0.25) is 0 Å². The predicted molar refractivity (Wildman–Crippen MR) is 79.8 cm³/mol. The van der Waals surface area contributed by atoms with Crippen LogP contribution in [0.1, 0.15) is 37.9 Å². The van der Waals surface area contributed by atoms with Crippen molar-refractivity contribution in [1.29, 1.82) is 0 Å². The Kier molecular flexibility index (Phi) is 5.30. The van der Waals surface area contributed by atoms with Gasteiger partial charge in [-0.2, -0.15) is 0 Å². The number of nitrogens with one attached hydrogen (secondary N) is 1. The van der Waals surface area contributed by atoms with Crippen LogP contribution in [0.4, 0.5) is 5.82 Å². The second kappa shape index (κ2) is 7.21. The number of amides is 1. The molecule has 2 atom stereocenters. The van der Waals surface area contributed by atoms with Crippen LogP contribution in [0.3, 0.4) is 0 Å². The van der Waals surface area contributed by atoms with Crippen molar-refractivity contribution in [2.45, 2.75) is 51.6 Å². The van der Waals surface area contributed by atoms with Crippen LogP contribution in [0.25, 0.3) is 0 Å². The number of rotatable bonds is 5. The molecule has 23 heavy (non-hydrogen) atoms. The number of nitro groups is 1. The Balaban J connectivity index is 2.02. The summed E-state index contributed by atoms with van der Waals surface area (Å²) in [6.45, 7) is 1.46. The Morgan fingerprint density at radius 3 is 2.74 bits per heavy atom. The second-order valence-corrected chi connectivity index (χ2v) is 5.79. The normalized spacial score (nSPS) is 21.4. The average Bonchev–Trinajstić information content (AvgIpc) is 2.69. The molecule has 1 aromatic heterocycles. The predicted octanol–water partition coefficient (Wildman–Crippen LogP) is 1.25. The second-order valence-electron chi connectivity index (χ2n) is 5.79. The van der Waals surface area contributed by atoms with Crippen molar-refractivity contribution in [1.82, 2.24) is 14.9 Å². The van der Waals surface area contributed by atoms with Gasteiger partial charge in [0, 0.05) is 13.0 Å². The van der Waals surface area contributed by atoms with Crippen LogP contribution in [-0.4, -0.2) is 37.5 Å². The van der Waals surface area contributed by atoms with Gasteiger partial charge in [-0.3, -0.25) is 14.2 Å². The molecule has 2 rings (SSSR count). The van der Waals surface area contributed by atoms with Gasteiger partial charge in [0.05, 0.1) is 5.92 Å². The highest BCUT2D eigenvalue weighted by Gasteiger charge is 2.30. The largest absolute Gasteiger partial charge is 0.481 e. The van der Waals surface area contributed by atoms with E-state index >= 15 is 0 Å². The monoisotopic (exact) mass is 324 g/mol. The average molecular weight is 324 g/mol. The number of carboxylic acid groups (broad SMARTS) is 1. The number of carbonyl (C=O) groups excluding carboxylic acids is 1. The molecule has 2 N–H and O–H groups in total. The summed E-state index contributed by atoms with van der Waals surface area (Å²) < 4.78 is 1.39. The Morgan fingerprint density at radius 2 is 2.13 bits per heavy atom. The molecule has 1 amide bonds. The van der Waals surface area contributed by atoms with E-state index in [1.807, 2.05) is 0 Å². The minimum Gasteiger partial charge on any atom is -0.481 e. The Bertz CT molecular complexity index is 612. The molecule has 0 saturated heterocycles. The maximum absolute atomic E-state index is 12.2. The van der Waals surface area contributed by atoms with E-state index in [4.69, 9.17) is 0 Å². The number of carbonyl (C=O) groups is 2. The molecule has 1 fully saturated rings. The lowest BCUT2D eigenvalue weighted by atomic mass is 9.95. The van der Waals surface area contributed by atoms with E-state index in [1.165, 1.54) is 10.8 Å². The number of aryl methyl sites for hydroxylation is 1. The number of imidazole rings is 1. The molecule has 126 valence electrons. The highest BCUT2D eigenvalue weighted by atomic mass is 16.6. The molecule has 0 radical (unpaired) electrons. The molecular formula is C14H20N4O5. The van der Waals surface area contributed by atoms with Crippen molar-refractivity contribution in [3.63, 3.8) is 0 Å². The molecule has 0 aromatic carbocycles. The number of aliphatic carboxylic acids is 1. The first-order valence-corrected chi connectivity index (χ1v) is 7.59. The smallest absolute Gasteiger partial charge is 0.381 e. The lowest BCUT2D eigenvalue weighted by Gasteiger charge is -2.22. The van der Waals surface area contributed by atoms with E-state index in [2.05, 4.69) is 10.3 Å². The van der Waals surface area contributed by atoms with Gasteiger partial charge in [-0.05, 0) is 22.7 Å². The van der Waals surface area contributed by atoms with Crippen molar-refractivity contribution >= 4 is 17.7 Å². The van der Waals surface area contributed by atoms with Crippen LogP contribution in [0, 0.1) is 23.0 Å². The highest BCUT2D eigenvalue weighted by molar-refractivity contribution is 5.78. The maximum Gasteiger partial charge on any atom is 0.381 e. The van der Waals surface area contributed by atoms with Gasteiger partial charge in [0.15, 0.2) is 0 Å². The van der Waals surface area contributed by atoms with Gasteiger partial charge in [-0.1, -0.05) is 19.3 Å². The maximum atomic E-state index is 12.2. The fraction of sp³-hybridized carbons (Fsp3) is 0.643. The molecule has 9 heteroatoms. The third-order valence-corrected chi connectivity index (χ3v) is 4.14. The summed E-state index contributed by atoms with van der Waals surface area (Å²) in [7, 11) is 0. The topological polar surface area (TPSA) is 127 Å². The van der Waals surface area contributed by atoms with Crippen molar-refractivity contribution in [2.75, 3.05) is 0 Å². The van der Waals surface area contributed by atoms with Crippen LogP contribution < -0.4 is 5.32 Å². The van der Waals surface area contributed by atoms with E-state index in [0.29, 0.717) is 18.7 Å². The van der Waals surface area contributed by atoms with Gasteiger partial charge in [0.1, 0.15) is 12.7 Å². The molecule has 0 unspecified atom stereocenters. The molecule has 1 saturated carbocycles. The van der Waals surface area contributed by atoms with Crippen LogP contribution in [0.15, 0.2) is 6.20 Å². The number of carboxylic acids is 1. The van der Waals surface area contributed by atoms with Gasteiger partial charge in [-0.15, -0.1) is 0 Å². The Hall–Kier alpha value is -2.45. The van der Waals surface area contributed by atoms with E-state index < -0.39 is 22.9 Å². The van der Waals surface area contributed by atoms with Crippen molar-refractivity contribution in [2.24, 2.45) is 5.92 Å². The number of hydrogen-bond acceptors (Lipinski definition) is 5. The van der Waals surface area contributed by atoms with Crippen molar-refractivity contribution in [3.05, 3.63) is 22.1 Å². The van der Waals surface area contributed by atoms with E-state index in [0.717, 1.165) is 19.3 Å². The van der Waals surface area contributed by atoms with Gasteiger partial charge >= 0.3 is 11.8 Å². The molecule has 9 nitrogen and oxygen atoms in total. The van der Waals surface area contributed by atoms with Crippen LogP contribution in [0.5, 0.6) is 0 Å². The first-order chi connectivity index (χ1) is 10.9. The standard InChI is InChI=1S/C14H20N4O5/c1-9-15-12(18(22)23)7-17(9)8-13(19)16-11-6-4-2-3-5-10(11)14(20)21/h7,10-11H,2-6,8H2,1H3,(H,16,19)(H,20,21)/t10-,11+/m1/s1. The summed E-state index contributed by atoms with van der Waals surface area (Å²) in [6, 6.07) is -0.402. The van der Waals surface area contributed by atoms with Gasteiger partial charge in [0.25, 0.3) is 0 Å². The quantitative estimate of drug-likeness (QED) is 0.476. The third kappa shape index (κ3) is 4.27. The van der Waals surface area contributed by atoms with Gasteiger partial charge in [0.2, 0.25) is 11.7 Å². The highest BCUT2D eigenvalue weighted by Crippen LogP contribution is 2.24. The molecular weight excluding hydrogens is 304 g/mol. The fourth-order valence-corrected chi connectivity index (χ4v) is 2.92. The molecule has 0 spiro atoms. The SMILES string of the molecule is Cc1nc([N+](=O)[O-])cn1CC(=O)N[C@H]1CCCCC[C@H]1C(=O)O. The summed E-state index contributed by atoms with van der Waals surface area (Å²) >= 11 is 0. The zero-order valence-electron chi connectivity index (χ0n) is 12.9. The minimum atomic E-state index is -0.897. The number of aromatic nitrogens is 2. The summed E-state index contributed by atoms with van der Waals surface area (Å²) in [4.78, 5) is 37.3. The zero-order valence-corrected chi connectivity index (χ0v) is 12.9. The summed E-state index contributed by atoms with van der Waals surface area (Å²) in [5, 5.41) is 22.8. The third-order valence-electron chi connectivity index (χ3n) is 4.14. The van der Waals surface area contributed by atoms with E-state index in [1.54, 1.807) is 6.92 Å². The molecule has 1 aromatic rings. The number of hydrogen-bond donors (Lipinski definition) is 2. The first-order valence-electron chi connectivity index (χ1n) is 7.59. The van der Waals surface area contributed by atoms with E-state index in [9.17, 15) is 24.8 Å². The molecule has 1 heterocycles. The lowest BCUT2D eigenvalue weighted by Crippen LogP contribution is -2.44. The molecule has 1 aliphatic carbocycles. The molecule has 1 aliphatic rings.